The minimum atomic E-state index is -0.538. The Morgan fingerprint density at radius 2 is 2.00 bits per heavy atom. The third kappa shape index (κ3) is 4.40. The number of aromatic nitrogens is 2. The highest BCUT2D eigenvalue weighted by molar-refractivity contribution is 7.98. The number of carbonyl (C=O) groups excluding carboxylic acids is 1. The second kappa shape index (κ2) is 7.98. The van der Waals surface area contributed by atoms with E-state index in [1.807, 2.05) is 18.2 Å². The summed E-state index contributed by atoms with van der Waals surface area (Å²) >= 11 is 1.76. The summed E-state index contributed by atoms with van der Waals surface area (Å²) in [4.78, 5) is 15.9. The average Bonchev–Trinajstić information content (AvgIpc) is 3.46. The SMILES string of the molecule is O=C(/C=C/c1ccc(CSc2nc3ccccc3n2CC2CC2)cc1)NO. The lowest BCUT2D eigenvalue weighted by Crippen LogP contribution is -2.14. The minimum absolute atomic E-state index is 0.538. The van der Waals surface area contributed by atoms with Crippen LogP contribution >= 0.6 is 11.8 Å². The van der Waals surface area contributed by atoms with Crippen molar-refractivity contribution >= 4 is 34.8 Å². The van der Waals surface area contributed by atoms with Crippen LogP contribution in [-0.2, 0) is 17.1 Å². The molecule has 1 aliphatic rings. The Morgan fingerprint density at radius 3 is 2.74 bits per heavy atom. The molecular weight excluding hydrogens is 358 g/mol. The lowest BCUT2D eigenvalue weighted by Gasteiger charge is -2.08. The maximum absolute atomic E-state index is 11.0. The van der Waals surface area contributed by atoms with Gasteiger partial charge in [0.15, 0.2) is 5.16 Å². The molecule has 1 fully saturated rings. The molecule has 2 aromatic carbocycles. The number of hydrogen-bond acceptors (Lipinski definition) is 4. The highest BCUT2D eigenvalue weighted by Crippen LogP contribution is 2.35. The molecule has 0 bridgehead atoms. The van der Waals surface area contributed by atoms with Gasteiger partial charge in [-0.25, -0.2) is 10.5 Å². The molecule has 138 valence electrons. The van der Waals surface area contributed by atoms with Gasteiger partial charge in [0.05, 0.1) is 11.0 Å². The fourth-order valence-corrected chi connectivity index (χ4v) is 3.96. The van der Waals surface area contributed by atoms with E-state index in [2.05, 4.69) is 34.9 Å². The van der Waals surface area contributed by atoms with Gasteiger partial charge >= 0.3 is 0 Å². The van der Waals surface area contributed by atoms with Gasteiger partial charge in [0.25, 0.3) is 5.91 Å². The van der Waals surface area contributed by atoms with Gasteiger partial charge in [0.1, 0.15) is 0 Å². The molecule has 1 amide bonds. The van der Waals surface area contributed by atoms with Crippen LogP contribution in [0.5, 0.6) is 0 Å². The third-order valence-electron chi connectivity index (χ3n) is 4.64. The maximum Gasteiger partial charge on any atom is 0.267 e. The normalized spacial score (nSPS) is 14.1. The third-order valence-corrected chi connectivity index (χ3v) is 5.69. The molecule has 2 N–H and O–H groups in total. The quantitative estimate of drug-likeness (QED) is 0.279. The number of nitrogens with one attached hydrogen (secondary N) is 1. The Hall–Kier alpha value is -2.57. The molecule has 3 aromatic rings. The van der Waals surface area contributed by atoms with E-state index in [0.29, 0.717) is 0 Å². The standard InChI is InChI=1S/C21H21N3O2S/c25-20(23-26)12-11-15-5-9-17(10-6-15)14-27-21-22-18-3-1-2-4-19(18)24(21)13-16-7-8-16/h1-6,9-12,16,26H,7-8,13-14H2,(H,23,25)/b12-11+. The van der Waals surface area contributed by atoms with Gasteiger partial charge < -0.3 is 4.57 Å². The van der Waals surface area contributed by atoms with Crippen molar-refractivity contribution in [3.63, 3.8) is 0 Å². The summed E-state index contributed by atoms with van der Waals surface area (Å²) in [5, 5.41) is 9.58. The molecule has 0 aliphatic heterocycles. The number of hydrogen-bond donors (Lipinski definition) is 2. The molecular formula is C21H21N3O2S. The Kier molecular flexibility index (Phi) is 5.27. The summed E-state index contributed by atoms with van der Waals surface area (Å²) in [6.07, 6.45) is 5.60. The van der Waals surface area contributed by atoms with Crippen molar-refractivity contribution < 1.29 is 10.0 Å². The van der Waals surface area contributed by atoms with Gasteiger partial charge in [-0.1, -0.05) is 48.2 Å². The van der Waals surface area contributed by atoms with Gasteiger partial charge in [-0.15, -0.1) is 0 Å². The van der Waals surface area contributed by atoms with Crippen molar-refractivity contribution in [2.24, 2.45) is 5.92 Å². The zero-order valence-electron chi connectivity index (χ0n) is 14.8. The first-order valence-electron chi connectivity index (χ1n) is 9.02. The van der Waals surface area contributed by atoms with Crippen LogP contribution in [0.2, 0.25) is 0 Å². The molecule has 0 radical (unpaired) electrons. The molecule has 5 nitrogen and oxygen atoms in total. The molecule has 27 heavy (non-hydrogen) atoms. The summed E-state index contributed by atoms with van der Waals surface area (Å²) < 4.78 is 2.36. The van der Waals surface area contributed by atoms with Crippen LogP contribution < -0.4 is 5.48 Å². The van der Waals surface area contributed by atoms with Crippen LogP contribution in [0.4, 0.5) is 0 Å². The van der Waals surface area contributed by atoms with Crippen molar-refractivity contribution in [1.29, 1.82) is 0 Å². The Balaban J connectivity index is 1.47. The fraction of sp³-hybridized carbons (Fsp3) is 0.238. The zero-order valence-corrected chi connectivity index (χ0v) is 15.7. The number of para-hydroxylation sites is 2. The van der Waals surface area contributed by atoms with Gasteiger partial charge in [-0.3, -0.25) is 10.0 Å². The summed E-state index contributed by atoms with van der Waals surface area (Å²) in [7, 11) is 0. The molecule has 1 saturated carbocycles. The largest absolute Gasteiger partial charge is 0.319 e. The number of carbonyl (C=O) groups is 1. The zero-order chi connectivity index (χ0) is 18.6. The van der Waals surface area contributed by atoms with Gasteiger partial charge in [-0.05, 0) is 48.1 Å². The van der Waals surface area contributed by atoms with Crippen molar-refractivity contribution in [1.82, 2.24) is 15.0 Å². The summed E-state index contributed by atoms with van der Waals surface area (Å²) in [5.74, 6) is 1.10. The Morgan fingerprint density at radius 1 is 1.22 bits per heavy atom. The van der Waals surface area contributed by atoms with Gasteiger partial charge in [0.2, 0.25) is 0 Å². The smallest absolute Gasteiger partial charge is 0.267 e. The molecule has 1 heterocycles. The topological polar surface area (TPSA) is 67.2 Å². The van der Waals surface area contributed by atoms with E-state index in [1.54, 1.807) is 23.3 Å². The Bertz CT molecular complexity index is 975. The first-order chi connectivity index (χ1) is 13.2. The number of hydroxylamine groups is 1. The molecule has 6 heteroatoms. The molecule has 0 atom stereocenters. The predicted molar refractivity (Wildman–Crippen MR) is 107 cm³/mol. The number of amides is 1. The predicted octanol–water partition coefficient (Wildman–Crippen LogP) is 4.26. The van der Waals surface area contributed by atoms with Gasteiger partial charge in [-0.2, -0.15) is 0 Å². The number of rotatable bonds is 7. The van der Waals surface area contributed by atoms with E-state index in [-0.39, 0.29) is 0 Å². The van der Waals surface area contributed by atoms with Crippen molar-refractivity contribution in [2.45, 2.75) is 30.3 Å². The van der Waals surface area contributed by atoms with Crippen molar-refractivity contribution in [3.8, 4) is 0 Å². The second-order valence-electron chi connectivity index (χ2n) is 6.78. The van der Waals surface area contributed by atoms with E-state index in [0.717, 1.165) is 34.5 Å². The van der Waals surface area contributed by atoms with E-state index >= 15 is 0 Å². The number of nitrogens with zero attached hydrogens (tertiary/aromatic N) is 2. The Labute approximate surface area is 162 Å². The van der Waals surface area contributed by atoms with Crippen LogP contribution in [-0.4, -0.2) is 20.7 Å². The maximum atomic E-state index is 11.0. The highest BCUT2D eigenvalue weighted by atomic mass is 32.2. The molecule has 1 aromatic heterocycles. The van der Waals surface area contributed by atoms with E-state index in [9.17, 15) is 4.79 Å². The minimum Gasteiger partial charge on any atom is -0.319 e. The fourth-order valence-electron chi connectivity index (χ4n) is 2.98. The highest BCUT2D eigenvalue weighted by Gasteiger charge is 2.24. The summed E-state index contributed by atoms with van der Waals surface area (Å²) in [6.45, 7) is 1.06. The molecule has 1 aliphatic carbocycles. The van der Waals surface area contributed by atoms with Crippen molar-refractivity contribution in [3.05, 3.63) is 65.7 Å². The first kappa shape index (κ1) is 17.8. The number of thioether (sulfide) groups is 1. The monoisotopic (exact) mass is 379 g/mol. The van der Waals surface area contributed by atoms with Crippen LogP contribution in [0.3, 0.4) is 0 Å². The molecule has 4 rings (SSSR count). The number of imidazole rings is 1. The second-order valence-corrected chi connectivity index (χ2v) is 7.72. The van der Waals surface area contributed by atoms with E-state index in [4.69, 9.17) is 10.2 Å². The summed E-state index contributed by atoms with van der Waals surface area (Å²) in [5.41, 5.74) is 5.97. The van der Waals surface area contributed by atoms with Crippen LogP contribution in [0.25, 0.3) is 17.1 Å². The van der Waals surface area contributed by atoms with Gasteiger partial charge in [0, 0.05) is 18.4 Å². The first-order valence-corrected chi connectivity index (χ1v) is 10.0. The molecule has 0 unspecified atom stereocenters. The molecule has 0 spiro atoms. The van der Waals surface area contributed by atoms with Crippen LogP contribution in [0.15, 0.2) is 59.8 Å². The number of benzene rings is 2. The van der Waals surface area contributed by atoms with Crippen LogP contribution in [0.1, 0.15) is 24.0 Å². The lowest BCUT2D eigenvalue weighted by atomic mass is 10.1. The van der Waals surface area contributed by atoms with E-state index in [1.165, 1.54) is 30.0 Å². The van der Waals surface area contributed by atoms with E-state index < -0.39 is 5.91 Å². The van der Waals surface area contributed by atoms with Crippen molar-refractivity contribution in [2.75, 3.05) is 0 Å². The average molecular weight is 379 g/mol. The lowest BCUT2D eigenvalue weighted by molar-refractivity contribution is -0.124. The summed E-state index contributed by atoms with van der Waals surface area (Å²) in [6, 6.07) is 16.4. The van der Waals surface area contributed by atoms with Crippen LogP contribution in [0, 0.1) is 5.92 Å². The molecule has 0 saturated heterocycles. The number of fused-ring (bicyclic) bond motifs is 1.